The van der Waals surface area contributed by atoms with Crippen LogP contribution in [0.4, 0.5) is 8.78 Å². The number of benzene rings is 1. The van der Waals surface area contributed by atoms with Gasteiger partial charge in [-0.2, -0.15) is 13.1 Å². The van der Waals surface area contributed by atoms with E-state index >= 15 is 0 Å². The molecule has 164 valence electrons. The third-order valence-corrected chi connectivity index (χ3v) is 7.07. The van der Waals surface area contributed by atoms with E-state index in [0.29, 0.717) is 17.7 Å². The molecule has 0 aliphatic carbocycles. The molecule has 1 aromatic carbocycles. The molecule has 1 aliphatic heterocycles. The Bertz CT molecular complexity index is 999. The van der Waals surface area contributed by atoms with Crippen molar-refractivity contribution in [1.82, 2.24) is 18.8 Å². The van der Waals surface area contributed by atoms with Gasteiger partial charge in [-0.05, 0) is 36.5 Å². The van der Waals surface area contributed by atoms with Gasteiger partial charge >= 0.3 is 6.55 Å². The minimum atomic E-state index is -3.73. The average Bonchev–Trinajstić information content (AvgIpc) is 3.15. The molecule has 1 fully saturated rings. The fourth-order valence-corrected chi connectivity index (χ4v) is 5.62. The van der Waals surface area contributed by atoms with Crippen molar-refractivity contribution in [2.75, 3.05) is 20.1 Å². The predicted molar refractivity (Wildman–Crippen MR) is 107 cm³/mol. The molecule has 2 unspecified atom stereocenters. The lowest BCUT2D eigenvalue weighted by Crippen LogP contribution is -2.42. The molecule has 0 radical (unpaired) electrons. The molecule has 2 aromatic rings. The summed E-state index contributed by atoms with van der Waals surface area (Å²) < 4.78 is 54.4. The van der Waals surface area contributed by atoms with E-state index in [1.807, 2.05) is 13.8 Å². The van der Waals surface area contributed by atoms with Crippen LogP contribution in [0.3, 0.4) is 0 Å². The molecule has 2 heterocycles. The number of hydrogen-bond donors (Lipinski definition) is 0. The largest absolute Gasteiger partial charge is 0.334 e. The van der Waals surface area contributed by atoms with E-state index in [4.69, 9.17) is 0 Å². The van der Waals surface area contributed by atoms with E-state index in [9.17, 15) is 22.0 Å². The maximum Gasteiger partial charge on any atom is 0.319 e. The van der Waals surface area contributed by atoms with Crippen molar-refractivity contribution in [3.8, 4) is 0 Å². The zero-order chi connectivity index (χ0) is 22.1. The number of hydrogen-bond acceptors (Lipinski definition) is 4. The molecule has 3 rings (SSSR count). The van der Waals surface area contributed by atoms with E-state index in [0.717, 1.165) is 12.6 Å². The minimum absolute atomic E-state index is 0.0425. The van der Waals surface area contributed by atoms with E-state index < -0.39 is 22.5 Å². The van der Waals surface area contributed by atoms with Crippen LogP contribution >= 0.6 is 0 Å². The van der Waals surface area contributed by atoms with Crippen LogP contribution in [-0.2, 0) is 16.6 Å². The van der Waals surface area contributed by atoms with Crippen LogP contribution in [0, 0.1) is 11.8 Å². The summed E-state index contributed by atoms with van der Waals surface area (Å²) in [6.45, 7) is 2.05. The van der Waals surface area contributed by atoms with Gasteiger partial charge in [-0.1, -0.05) is 19.9 Å². The van der Waals surface area contributed by atoms with Gasteiger partial charge in [0, 0.05) is 38.1 Å². The Morgan fingerprint density at radius 3 is 2.57 bits per heavy atom. The van der Waals surface area contributed by atoms with E-state index in [1.165, 1.54) is 46.7 Å². The summed E-state index contributed by atoms with van der Waals surface area (Å²) in [6, 6.07) is 5.85. The maximum absolute atomic E-state index is 13.1. The first-order valence-corrected chi connectivity index (χ1v) is 11.2. The van der Waals surface area contributed by atoms with Crippen LogP contribution < -0.4 is 0 Å². The van der Waals surface area contributed by atoms with Gasteiger partial charge in [-0.3, -0.25) is 9.36 Å². The number of halogens is 2. The summed E-state index contributed by atoms with van der Waals surface area (Å²) in [5, 5.41) is 0. The number of piperidine rings is 1. The van der Waals surface area contributed by atoms with Crippen molar-refractivity contribution >= 4 is 15.9 Å². The molecule has 1 saturated heterocycles. The molecule has 0 saturated carbocycles. The predicted octanol–water partition coefficient (Wildman–Crippen LogP) is 3.22. The Morgan fingerprint density at radius 2 is 1.93 bits per heavy atom. The van der Waals surface area contributed by atoms with Crippen molar-refractivity contribution < 1.29 is 22.0 Å². The summed E-state index contributed by atoms with van der Waals surface area (Å²) in [6.07, 6.45) is 3.36. The highest BCUT2D eigenvalue weighted by molar-refractivity contribution is 7.89. The summed E-state index contributed by atoms with van der Waals surface area (Å²) in [5.41, 5.74) is 0.173. The third kappa shape index (κ3) is 4.70. The molecule has 0 bridgehead atoms. The molecule has 0 N–H and O–H groups in total. The third-order valence-electron chi connectivity index (χ3n) is 5.24. The van der Waals surface area contributed by atoms with Gasteiger partial charge in [0.1, 0.15) is 5.82 Å². The topological polar surface area (TPSA) is 75.5 Å². The second-order valence-electron chi connectivity index (χ2n) is 7.99. The quantitative estimate of drug-likeness (QED) is 0.691. The summed E-state index contributed by atoms with van der Waals surface area (Å²) in [4.78, 5) is 18.0. The van der Waals surface area contributed by atoms with Crippen LogP contribution in [-0.4, -0.2) is 53.2 Å². The lowest BCUT2D eigenvalue weighted by Gasteiger charge is -2.34. The second kappa shape index (κ2) is 8.81. The molecule has 1 aromatic heterocycles. The molecule has 10 heteroatoms. The molecular formula is C20H26F2N4O3S. The molecular weight excluding hydrogens is 414 g/mol. The van der Waals surface area contributed by atoms with Crippen molar-refractivity contribution in [2.24, 2.45) is 11.8 Å². The van der Waals surface area contributed by atoms with Crippen molar-refractivity contribution in [1.29, 1.82) is 0 Å². The van der Waals surface area contributed by atoms with Crippen LogP contribution in [0.25, 0.3) is 0 Å². The van der Waals surface area contributed by atoms with Gasteiger partial charge < -0.3 is 4.90 Å². The van der Waals surface area contributed by atoms with Gasteiger partial charge in [0.05, 0.1) is 11.4 Å². The Morgan fingerprint density at radius 1 is 1.27 bits per heavy atom. The Hall–Kier alpha value is -2.33. The second-order valence-corrected chi connectivity index (χ2v) is 9.92. The molecule has 2 atom stereocenters. The van der Waals surface area contributed by atoms with Crippen molar-refractivity contribution in [3.05, 3.63) is 48.0 Å². The number of nitrogens with zero attached hydrogens (tertiary/aromatic N) is 4. The molecule has 7 nitrogen and oxygen atoms in total. The smallest absolute Gasteiger partial charge is 0.319 e. The normalized spacial score (nSPS) is 20.5. The molecule has 1 aliphatic rings. The minimum Gasteiger partial charge on any atom is -0.334 e. The number of rotatable bonds is 6. The number of aromatic nitrogens is 2. The number of sulfonamides is 1. The van der Waals surface area contributed by atoms with E-state index in [1.54, 1.807) is 0 Å². The molecule has 1 amide bonds. The number of carbonyl (C=O) groups excluding carboxylic acids is 1. The number of carbonyl (C=O) groups is 1. The zero-order valence-corrected chi connectivity index (χ0v) is 18.0. The Labute approximate surface area is 175 Å². The van der Waals surface area contributed by atoms with Gasteiger partial charge in [-0.15, -0.1) is 0 Å². The first kappa shape index (κ1) is 22.4. The van der Waals surface area contributed by atoms with Crippen molar-refractivity contribution in [2.45, 2.75) is 38.3 Å². The lowest BCUT2D eigenvalue weighted by atomic mass is 9.94. The van der Waals surface area contributed by atoms with Gasteiger partial charge in [-0.25, -0.2) is 13.4 Å². The highest BCUT2D eigenvalue weighted by atomic mass is 32.2. The lowest BCUT2D eigenvalue weighted by molar-refractivity contribution is 0.0612. The van der Waals surface area contributed by atoms with E-state index in [2.05, 4.69) is 4.98 Å². The van der Waals surface area contributed by atoms with Gasteiger partial charge in [0.15, 0.2) is 0 Å². The van der Waals surface area contributed by atoms with Crippen LogP contribution in [0.1, 0.15) is 43.0 Å². The Kier molecular flexibility index (Phi) is 6.56. The van der Waals surface area contributed by atoms with E-state index in [-0.39, 0.29) is 34.7 Å². The first-order chi connectivity index (χ1) is 14.1. The number of imidazole rings is 1. The zero-order valence-electron chi connectivity index (χ0n) is 17.2. The monoisotopic (exact) mass is 440 g/mol. The highest BCUT2D eigenvalue weighted by Gasteiger charge is 2.32. The number of amides is 1. The van der Waals surface area contributed by atoms with Gasteiger partial charge in [0.2, 0.25) is 10.0 Å². The number of alkyl halides is 2. The first-order valence-electron chi connectivity index (χ1n) is 9.75. The summed E-state index contributed by atoms with van der Waals surface area (Å²) in [7, 11) is -2.27. The summed E-state index contributed by atoms with van der Waals surface area (Å²) >= 11 is 0. The Balaban J connectivity index is 1.80. The maximum atomic E-state index is 13.1. The average molecular weight is 441 g/mol. The van der Waals surface area contributed by atoms with Crippen LogP contribution in [0.5, 0.6) is 0 Å². The van der Waals surface area contributed by atoms with Crippen LogP contribution in [0.15, 0.2) is 41.6 Å². The van der Waals surface area contributed by atoms with Crippen LogP contribution in [0.2, 0.25) is 0 Å². The summed E-state index contributed by atoms with van der Waals surface area (Å²) in [5.74, 6) is 0.0910. The highest BCUT2D eigenvalue weighted by Crippen LogP contribution is 2.27. The molecule has 0 spiro atoms. The van der Waals surface area contributed by atoms with Crippen molar-refractivity contribution in [3.63, 3.8) is 0 Å². The standard InChI is InChI=1S/C20H26F2N4O3S/c1-14-9-15(2)12-25(11-14)30(28,29)17-6-4-5-16(10-17)19(27)24(3)13-18-23-7-8-26(18)20(21)22/h4-8,10,14-15,20H,9,11-13H2,1-3H3. The fraction of sp³-hybridized carbons (Fsp3) is 0.500. The fourth-order valence-electron chi connectivity index (χ4n) is 3.89. The SMILES string of the molecule is CC1CC(C)CN(S(=O)(=O)c2cccc(C(=O)N(C)Cc3nccn3C(F)F)c2)C1. The molecule has 30 heavy (non-hydrogen) atoms. The van der Waals surface area contributed by atoms with Gasteiger partial charge in [0.25, 0.3) is 5.91 Å².